The minimum absolute atomic E-state index is 0.112. The van der Waals surface area contributed by atoms with Crippen molar-refractivity contribution in [2.45, 2.75) is 24.7 Å². The molecule has 0 saturated heterocycles. The van der Waals surface area contributed by atoms with Gasteiger partial charge in [0.2, 0.25) is 5.91 Å². The Bertz CT molecular complexity index is 1480. The van der Waals surface area contributed by atoms with Gasteiger partial charge in [-0.1, -0.05) is 35.9 Å². The van der Waals surface area contributed by atoms with Crippen molar-refractivity contribution >= 4 is 40.5 Å². The minimum atomic E-state index is -1.51. The molecule has 0 radical (unpaired) electrons. The van der Waals surface area contributed by atoms with Gasteiger partial charge in [-0.25, -0.2) is 0 Å². The average molecular weight is 467 g/mol. The Hall–Kier alpha value is -4.08. The standard InChI is InChI=1S/C27H19ClN4O2/c28-17-7-5-8-18(15-17)32-22-11-6-12-23(33)24(22)27(19-9-1-2-10-21(19)30-26(27)34)20(16-29)25(32)31-13-3-4-14-31/h1-5,7-10,13-15H,6,11-12H2,(H,30,34)/t27-/m1/s1. The number of aromatic nitrogens is 1. The number of amides is 1. The van der Waals surface area contributed by atoms with Gasteiger partial charge in [0.25, 0.3) is 0 Å². The summed E-state index contributed by atoms with van der Waals surface area (Å²) >= 11 is 6.36. The van der Waals surface area contributed by atoms with E-state index in [1.807, 2.05) is 76.5 Å². The van der Waals surface area contributed by atoms with Crippen LogP contribution in [0.4, 0.5) is 11.4 Å². The van der Waals surface area contributed by atoms with Crippen molar-refractivity contribution in [1.82, 2.24) is 4.57 Å². The van der Waals surface area contributed by atoms with Crippen molar-refractivity contribution in [3.8, 4) is 6.07 Å². The summed E-state index contributed by atoms with van der Waals surface area (Å²) in [5.74, 6) is 0.0397. The molecule has 1 N–H and O–H groups in total. The molecule has 0 bridgehead atoms. The van der Waals surface area contributed by atoms with Crippen LogP contribution in [0.15, 0.2) is 89.9 Å². The van der Waals surface area contributed by atoms with Crippen LogP contribution in [0.5, 0.6) is 0 Å². The number of fused-ring (bicyclic) bond motifs is 3. The monoisotopic (exact) mass is 466 g/mol. The summed E-state index contributed by atoms with van der Waals surface area (Å²) in [6.07, 6.45) is 5.26. The highest BCUT2D eigenvalue weighted by Gasteiger charge is 2.60. The largest absolute Gasteiger partial charge is 0.324 e. The number of carbonyl (C=O) groups excluding carboxylic acids is 2. The molecule has 6 nitrogen and oxygen atoms in total. The van der Waals surface area contributed by atoms with Crippen LogP contribution in [0.3, 0.4) is 0 Å². The van der Waals surface area contributed by atoms with Crippen LogP contribution in [-0.4, -0.2) is 16.3 Å². The van der Waals surface area contributed by atoms with Gasteiger partial charge < -0.3 is 9.88 Å². The van der Waals surface area contributed by atoms with Crippen LogP contribution in [0.1, 0.15) is 24.8 Å². The van der Waals surface area contributed by atoms with Gasteiger partial charge >= 0.3 is 0 Å². The molecule has 7 heteroatoms. The van der Waals surface area contributed by atoms with Gasteiger partial charge in [0.1, 0.15) is 17.3 Å². The molecule has 1 aliphatic carbocycles. The molecule has 3 heterocycles. The topological polar surface area (TPSA) is 78.1 Å². The van der Waals surface area contributed by atoms with Crippen molar-refractivity contribution in [3.63, 3.8) is 0 Å². The quantitative estimate of drug-likeness (QED) is 0.559. The van der Waals surface area contributed by atoms with Crippen LogP contribution in [0, 0.1) is 11.3 Å². The maximum Gasteiger partial charge on any atom is 0.245 e. The Kier molecular flexibility index (Phi) is 4.51. The third-order valence-corrected chi connectivity index (χ3v) is 7.02. The lowest BCUT2D eigenvalue weighted by Gasteiger charge is -2.44. The fraction of sp³-hybridized carbons (Fsp3) is 0.148. The first-order chi connectivity index (χ1) is 16.6. The van der Waals surface area contributed by atoms with Gasteiger partial charge in [-0.2, -0.15) is 5.26 Å². The van der Waals surface area contributed by atoms with E-state index in [-0.39, 0.29) is 17.3 Å². The van der Waals surface area contributed by atoms with Crippen molar-refractivity contribution in [3.05, 3.63) is 100 Å². The summed E-state index contributed by atoms with van der Waals surface area (Å²) in [4.78, 5) is 29.4. The first-order valence-corrected chi connectivity index (χ1v) is 11.5. The molecule has 0 saturated carbocycles. The molecule has 2 aromatic carbocycles. The van der Waals surface area contributed by atoms with Crippen LogP contribution < -0.4 is 10.2 Å². The summed E-state index contributed by atoms with van der Waals surface area (Å²) in [5.41, 5.74) is 1.80. The van der Waals surface area contributed by atoms with E-state index in [9.17, 15) is 14.9 Å². The van der Waals surface area contributed by atoms with Gasteiger partial charge in [-0.15, -0.1) is 0 Å². The Morgan fingerprint density at radius 3 is 2.56 bits per heavy atom. The van der Waals surface area contributed by atoms with Gasteiger partial charge in [0.15, 0.2) is 5.78 Å². The zero-order chi connectivity index (χ0) is 23.4. The molecule has 166 valence electrons. The van der Waals surface area contributed by atoms with Crippen molar-refractivity contribution in [2.75, 3.05) is 10.2 Å². The summed E-state index contributed by atoms with van der Waals surface area (Å²) in [6, 6.07) is 20.7. The van der Waals surface area contributed by atoms with Gasteiger partial charge in [-0.05, 0) is 49.2 Å². The second-order valence-electron chi connectivity index (χ2n) is 8.56. The predicted octanol–water partition coefficient (Wildman–Crippen LogP) is 5.25. The van der Waals surface area contributed by atoms with E-state index in [4.69, 9.17) is 11.6 Å². The van der Waals surface area contributed by atoms with Crippen LogP contribution in [-0.2, 0) is 15.0 Å². The number of halogens is 1. The molecule has 6 rings (SSSR count). The molecule has 3 aliphatic rings. The zero-order valence-corrected chi connectivity index (χ0v) is 18.8. The molecule has 1 amide bonds. The molecular weight excluding hydrogens is 448 g/mol. The predicted molar refractivity (Wildman–Crippen MR) is 130 cm³/mol. The van der Waals surface area contributed by atoms with E-state index in [2.05, 4.69) is 11.4 Å². The Morgan fingerprint density at radius 2 is 1.79 bits per heavy atom. The molecule has 3 aromatic rings. The molecule has 1 aromatic heterocycles. The van der Waals surface area contributed by atoms with Gasteiger partial charge in [0.05, 0.1) is 5.57 Å². The zero-order valence-electron chi connectivity index (χ0n) is 18.1. The first-order valence-electron chi connectivity index (χ1n) is 11.1. The van der Waals surface area contributed by atoms with Crippen LogP contribution in [0.2, 0.25) is 5.02 Å². The van der Waals surface area contributed by atoms with Crippen LogP contribution >= 0.6 is 11.6 Å². The Balaban J connectivity index is 1.79. The minimum Gasteiger partial charge on any atom is -0.324 e. The lowest BCUT2D eigenvalue weighted by atomic mass is 9.63. The molecule has 2 aliphatic heterocycles. The summed E-state index contributed by atoms with van der Waals surface area (Å²) in [7, 11) is 0. The van der Waals surface area contributed by atoms with E-state index >= 15 is 0 Å². The van der Waals surface area contributed by atoms with Crippen molar-refractivity contribution in [2.24, 2.45) is 0 Å². The lowest BCUT2D eigenvalue weighted by molar-refractivity contribution is -0.122. The van der Waals surface area contributed by atoms with Crippen molar-refractivity contribution in [1.29, 1.82) is 5.26 Å². The highest BCUT2D eigenvalue weighted by atomic mass is 35.5. The average Bonchev–Trinajstić information content (AvgIpc) is 3.46. The Morgan fingerprint density at radius 1 is 1.00 bits per heavy atom. The summed E-state index contributed by atoms with van der Waals surface area (Å²) in [5, 5.41) is 14.1. The summed E-state index contributed by atoms with van der Waals surface area (Å²) in [6.45, 7) is 0. The molecule has 34 heavy (non-hydrogen) atoms. The Labute approximate surface area is 201 Å². The number of hydrogen-bond acceptors (Lipinski definition) is 4. The highest BCUT2D eigenvalue weighted by molar-refractivity contribution is 6.31. The fourth-order valence-electron chi connectivity index (χ4n) is 5.51. The number of para-hydroxylation sites is 1. The number of rotatable bonds is 2. The second kappa shape index (κ2) is 7.47. The number of carbonyl (C=O) groups is 2. The first kappa shape index (κ1) is 20.5. The SMILES string of the molecule is N#CC1=C(n2cccc2)N(c2cccc(Cl)c2)C2=C(C(=O)CCC2)[C@]12C(=O)Nc1ccccc12. The third-order valence-electron chi connectivity index (χ3n) is 6.79. The molecule has 0 unspecified atom stereocenters. The van der Waals surface area contributed by atoms with Crippen LogP contribution in [0.25, 0.3) is 5.82 Å². The van der Waals surface area contributed by atoms with Gasteiger partial charge in [-0.3, -0.25) is 14.5 Å². The number of nitrogens with one attached hydrogen (secondary N) is 1. The number of allylic oxidation sites excluding steroid dienone is 1. The lowest BCUT2D eigenvalue weighted by Crippen LogP contribution is -2.49. The molecule has 0 fully saturated rings. The van der Waals surface area contributed by atoms with E-state index in [1.165, 1.54) is 0 Å². The second-order valence-corrected chi connectivity index (χ2v) is 9.00. The van der Waals surface area contributed by atoms with E-state index < -0.39 is 5.41 Å². The van der Waals surface area contributed by atoms with Crippen molar-refractivity contribution < 1.29 is 9.59 Å². The number of benzene rings is 2. The van der Waals surface area contributed by atoms with E-state index in [0.29, 0.717) is 46.9 Å². The number of ketones is 1. The fourth-order valence-corrected chi connectivity index (χ4v) is 5.69. The third kappa shape index (κ3) is 2.62. The number of hydrogen-bond donors (Lipinski definition) is 1. The van der Waals surface area contributed by atoms with E-state index in [0.717, 1.165) is 11.4 Å². The molecule has 1 spiro atoms. The number of Topliss-reactive ketones (excluding diaryl/α,β-unsaturated/α-hetero) is 1. The smallest absolute Gasteiger partial charge is 0.245 e. The number of nitriles is 1. The molecule has 1 atom stereocenters. The number of anilines is 2. The normalized spacial score (nSPS) is 21.5. The summed E-state index contributed by atoms with van der Waals surface area (Å²) < 4.78 is 1.83. The van der Waals surface area contributed by atoms with Gasteiger partial charge in [0, 0.05) is 52.0 Å². The molecular formula is C27H19ClN4O2. The highest BCUT2D eigenvalue weighted by Crippen LogP contribution is 2.56. The van der Waals surface area contributed by atoms with E-state index in [1.54, 1.807) is 6.07 Å². The maximum absolute atomic E-state index is 13.9. The maximum atomic E-state index is 13.9. The number of nitrogens with zero attached hydrogens (tertiary/aromatic N) is 3.